The molecule has 1 saturated heterocycles. The van der Waals surface area contributed by atoms with Crippen molar-refractivity contribution in [3.8, 4) is 23.0 Å². The predicted octanol–water partition coefficient (Wildman–Crippen LogP) is 4.23. The van der Waals surface area contributed by atoms with Gasteiger partial charge in [0.2, 0.25) is 5.75 Å². The number of ether oxygens (including phenoxy) is 4. The number of fused-ring (bicyclic) bond motifs is 1. The fourth-order valence-corrected chi connectivity index (χ4v) is 5.57. The van der Waals surface area contributed by atoms with E-state index in [9.17, 15) is 9.90 Å². The first-order valence-electron chi connectivity index (χ1n) is 11.4. The van der Waals surface area contributed by atoms with Crippen LogP contribution < -0.4 is 18.9 Å². The number of piperidine rings is 1. The summed E-state index contributed by atoms with van der Waals surface area (Å²) in [6.45, 7) is 0.450. The molecule has 178 valence electrons. The largest absolute Gasteiger partial charge is 0.496 e. The number of aliphatic hydroxyl groups is 1. The lowest BCUT2D eigenvalue weighted by Crippen LogP contribution is -2.56. The van der Waals surface area contributed by atoms with Gasteiger partial charge in [0, 0.05) is 12.5 Å². The number of methoxy groups -OCH3 is 4. The van der Waals surface area contributed by atoms with Gasteiger partial charge >= 0.3 is 0 Å². The highest BCUT2D eigenvalue weighted by Crippen LogP contribution is 2.52. The Kier molecular flexibility index (Phi) is 6.70. The summed E-state index contributed by atoms with van der Waals surface area (Å²) in [5.41, 5.74) is 0.567. The molecular formula is C26H33NO6. The minimum absolute atomic E-state index is 0.0959. The molecule has 0 radical (unpaired) electrons. The van der Waals surface area contributed by atoms with Crippen LogP contribution in [0.5, 0.6) is 23.0 Å². The summed E-state index contributed by atoms with van der Waals surface area (Å²) in [7, 11) is 6.30. The van der Waals surface area contributed by atoms with E-state index in [-0.39, 0.29) is 17.9 Å². The molecule has 1 aliphatic heterocycles. The van der Waals surface area contributed by atoms with E-state index in [1.807, 2.05) is 29.2 Å². The van der Waals surface area contributed by atoms with Crippen molar-refractivity contribution in [1.29, 1.82) is 0 Å². The summed E-state index contributed by atoms with van der Waals surface area (Å²) < 4.78 is 22.2. The van der Waals surface area contributed by atoms with Crippen molar-refractivity contribution in [3.05, 3.63) is 47.5 Å². The maximum atomic E-state index is 13.9. The highest BCUT2D eigenvalue weighted by atomic mass is 16.5. The Morgan fingerprint density at radius 2 is 1.61 bits per heavy atom. The molecule has 2 fully saturated rings. The number of rotatable bonds is 6. The third-order valence-electron chi connectivity index (χ3n) is 7.19. The average molecular weight is 456 g/mol. The average Bonchev–Trinajstić information content (AvgIpc) is 2.86. The van der Waals surface area contributed by atoms with Crippen LogP contribution in [0.1, 0.15) is 54.1 Å². The van der Waals surface area contributed by atoms with Crippen molar-refractivity contribution in [2.24, 2.45) is 5.92 Å². The standard InChI is InChI=1S/C26H33NO6/c1-30-20-11-6-5-9-18(20)25(28)27-14-13-26(29)12-8-7-10-19(26)23(27)17-15-21(31-2)24(33-4)22(16-17)32-3/h5-6,9,11,15-16,19,23,29H,7-8,10,12-14H2,1-4H3/t19-,23+,26-/m1/s1. The van der Waals surface area contributed by atoms with Gasteiger partial charge in [-0.15, -0.1) is 0 Å². The first kappa shape index (κ1) is 23.2. The molecule has 1 amide bonds. The molecule has 0 aromatic heterocycles. The van der Waals surface area contributed by atoms with Gasteiger partial charge in [-0.3, -0.25) is 4.79 Å². The van der Waals surface area contributed by atoms with Crippen molar-refractivity contribution in [1.82, 2.24) is 4.90 Å². The molecule has 0 spiro atoms. The molecule has 1 aliphatic carbocycles. The Morgan fingerprint density at radius 3 is 2.24 bits per heavy atom. The van der Waals surface area contributed by atoms with Crippen molar-refractivity contribution >= 4 is 5.91 Å². The second kappa shape index (κ2) is 9.51. The molecule has 2 aromatic carbocycles. The van der Waals surface area contributed by atoms with Gasteiger partial charge in [-0.2, -0.15) is 0 Å². The molecule has 7 heteroatoms. The molecule has 1 heterocycles. The molecule has 2 aromatic rings. The summed E-state index contributed by atoms with van der Waals surface area (Å²) in [6.07, 6.45) is 4.16. The van der Waals surface area contributed by atoms with Crippen molar-refractivity contribution in [3.63, 3.8) is 0 Å². The van der Waals surface area contributed by atoms with Gasteiger partial charge in [-0.25, -0.2) is 0 Å². The number of hydrogen-bond donors (Lipinski definition) is 1. The molecule has 3 atom stereocenters. The zero-order valence-electron chi connectivity index (χ0n) is 19.8. The van der Waals surface area contributed by atoms with E-state index in [1.165, 1.54) is 0 Å². The summed E-state index contributed by atoms with van der Waals surface area (Å²) in [4.78, 5) is 15.7. The van der Waals surface area contributed by atoms with Gasteiger partial charge in [0.05, 0.1) is 45.6 Å². The van der Waals surface area contributed by atoms with E-state index in [0.29, 0.717) is 41.5 Å². The minimum atomic E-state index is -0.805. The fourth-order valence-electron chi connectivity index (χ4n) is 5.57. The molecular weight excluding hydrogens is 422 g/mol. The number of hydrogen-bond acceptors (Lipinski definition) is 6. The fraction of sp³-hybridized carbons (Fsp3) is 0.500. The number of nitrogens with zero attached hydrogens (tertiary/aromatic N) is 1. The highest BCUT2D eigenvalue weighted by Gasteiger charge is 2.50. The Morgan fingerprint density at radius 1 is 0.939 bits per heavy atom. The number of benzene rings is 2. The monoisotopic (exact) mass is 455 g/mol. The SMILES string of the molecule is COc1ccccc1C(=O)N1CC[C@]2(O)CCCC[C@@H]2[C@@H]1c1cc(OC)c(OC)c(OC)c1. The molecule has 33 heavy (non-hydrogen) atoms. The highest BCUT2D eigenvalue weighted by molar-refractivity contribution is 5.97. The second-order valence-electron chi connectivity index (χ2n) is 8.81. The molecule has 2 aliphatic rings. The number of carbonyl (C=O) groups is 1. The van der Waals surface area contributed by atoms with E-state index in [4.69, 9.17) is 18.9 Å². The Hall–Kier alpha value is -2.93. The molecule has 0 unspecified atom stereocenters. The van der Waals surface area contributed by atoms with E-state index in [1.54, 1.807) is 40.6 Å². The zero-order valence-corrected chi connectivity index (χ0v) is 19.8. The van der Waals surface area contributed by atoms with Crippen molar-refractivity contribution < 1.29 is 28.8 Å². The van der Waals surface area contributed by atoms with Crippen LogP contribution in [0.3, 0.4) is 0 Å². The predicted molar refractivity (Wildman–Crippen MR) is 124 cm³/mol. The molecule has 7 nitrogen and oxygen atoms in total. The normalized spacial score (nSPS) is 24.6. The van der Waals surface area contributed by atoms with Gasteiger partial charge in [0.1, 0.15) is 5.75 Å². The van der Waals surface area contributed by atoms with Crippen molar-refractivity contribution in [2.75, 3.05) is 35.0 Å². The summed E-state index contributed by atoms with van der Waals surface area (Å²) >= 11 is 0. The summed E-state index contributed by atoms with van der Waals surface area (Å²) in [6, 6.07) is 10.7. The first-order chi connectivity index (χ1) is 16.0. The molecule has 0 bridgehead atoms. The maximum Gasteiger partial charge on any atom is 0.258 e. The number of carbonyl (C=O) groups excluding carboxylic acids is 1. The zero-order chi connectivity index (χ0) is 23.6. The molecule has 4 rings (SSSR count). The van der Waals surface area contributed by atoms with Crippen molar-refractivity contribution in [2.45, 2.75) is 43.7 Å². The molecule has 1 N–H and O–H groups in total. The van der Waals surface area contributed by atoms with Gasteiger partial charge in [-0.1, -0.05) is 25.0 Å². The number of para-hydroxylation sites is 1. The molecule has 1 saturated carbocycles. The van der Waals surface area contributed by atoms with E-state index < -0.39 is 5.60 Å². The first-order valence-corrected chi connectivity index (χ1v) is 11.4. The number of likely N-dealkylation sites (tertiary alicyclic amines) is 1. The Labute approximate surface area is 195 Å². The third-order valence-corrected chi connectivity index (χ3v) is 7.19. The van der Waals surface area contributed by atoms with Crippen LogP contribution in [0.2, 0.25) is 0 Å². The van der Waals surface area contributed by atoms with Crippen LogP contribution in [0, 0.1) is 5.92 Å². The van der Waals surface area contributed by atoms with Crippen LogP contribution in [-0.2, 0) is 0 Å². The Balaban J connectivity index is 1.85. The second-order valence-corrected chi connectivity index (χ2v) is 8.81. The third kappa shape index (κ3) is 4.10. The van der Waals surface area contributed by atoms with Gasteiger partial charge in [0.25, 0.3) is 5.91 Å². The number of amides is 1. The minimum Gasteiger partial charge on any atom is -0.496 e. The van der Waals surface area contributed by atoms with Gasteiger partial charge < -0.3 is 29.0 Å². The lowest BCUT2D eigenvalue weighted by atomic mass is 9.66. The maximum absolute atomic E-state index is 13.9. The lowest BCUT2D eigenvalue weighted by molar-refractivity contribution is -0.115. The quantitative estimate of drug-likeness (QED) is 0.703. The summed E-state index contributed by atoms with van der Waals surface area (Å²) in [5.74, 6) is 1.89. The van der Waals surface area contributed by atoms with Crippen LogP contribution in [0.4, 0.5) is 0 Å². The van der Waals surface area contributed by atoms with E-state index in [2.05, 4.69) is 0 Å². The van der Waals surface area contributed by atoms with Gasteiger partial charge in [0.15, 0.2) is 11.5 Å². The lowest BCUT2D eigenvalue weighted by Gasteiger charge is -2.52. The van der Waals surface area contributed by atoms with Crippen LogP contribution >= 0.6 is 0 Å². The topological polar surface area (TPSA) is 77.5 Å². The van der Waals surface area contributed by atoms with E-state index in [0.717, 1.165) is 31.2 Å². The summed E-state index contributed by atoms with van der Waals surface area (Å²) in [5, 5.41) is 11.6. The van der Waals surface area contributed by atoms with Crippen LogP contribution in [-0.4, -0.2) is 56.5 Å². The Bertz CT molecular complexity index is 983. The van der Waals surface area contributed by atoms with E-state index >= 15 is 0 Å². The van der Waals surface area contributed by atoms with Gasteiger partial charge in [-0.05, 0) is 49.1 Å². The van der Waals surface area contributed by atoms with Crippen LogP contribution in [0.15, 0.2) is 36.4 Å². The smallest absolute Gasteiger partial charge is 0.258 e. The van der Waals surface area contributed by atoms with Crippen LogP contribution in [0.25, 0.3) is 0 Å².